The summed E-state index contributed by atoms with van der Waals surface area (Å²) in [6.45, 7) is 0. The maximum atomic E-state index is 14.0. The van der Waals surface area contributed by atoms with Crippen LogP contribution in [0.15, 0.2) is 60.9 Å². The standard InChI is InChI=1S/C16H15FN4/c1-18-16(15-13(17)8-5-10-19-15)14-9-11-20-21(14)12-6-3-2-4-7-12/h2-11,16,18H,1H3. The number of aromatic nitrogens is 3. The minimum Gasteiger partial charge on any atom is -0.307 e. The highest BCUT2D eigenvalue weighted by atomic mass is 19.1. The summed E-state index contributed by atoms with van der Waals surface area (Å²) in [6, 6.07) is 14.2. The molecule has 5 heteroatoms. The Balaban J connectivity index is 2.08. The van der Waals surface area contributed by atoms with E-state index >= 15 is 0 Å². The predicted octanol–water partition coefficient (Wildman–Crippen LogP) is 2.72. The lowest BCUT2D eigenvalue weighted by atomic mass is 10.1. The third-order valence-corrected chi connectivity index (χ3v) is 3.32. The average molecular weight is 282 g/mol. The van der Waals surface area contributed by atoms with Crippen molar-refractivity contribution < 1.29 is 4.39 Å². The zero-order valence-corrected chi connectivity index (χ0v) is 11.6. The molecule has 0 aliphatic heterocycles. The van der Waals surface area contributed by atoms with Crippen molar-refractivity contribution in [3.8, 4) is 5.69 Å². The molecule has 21 heavy (non-hydrogen) atoms. The van der Waals surface area contributed by atoms with Gasteiger partial charge in [0.2, 0.25) is 0 Å². The predicted molar refractivity (Wildman–Crippen MR) is 78.7 cm³/mol. The van der Waals surface area contributed by atoms with E-state index in [-0.39, 0.29) is 11.9 Å². The van der Waals surface area contributed by atoms with Crippen molar-refractivity contribution in [2.24, 2.45) is 0 Å². The van der Waals surface area contributed by atoms with Crippen molar-refractivity contribution >= 4 is 0 Å². The van der Waals surface area contributed by atoms with E-state index in [0.717, 1.165) is 11.4 Å². The molecular formula is C16H15FN4. The SMILES string of the molecule is CNC(c1ncccc1F)c1ccnn1-c1ccccc1. The number of halogens is 1. The smallest absolute Gasteiger partial charge is 0.146 e. The van der Waals surface area contributed by atoms with Crippen LogP contribution in [0.25, 0.3) is 5.69 Å². The van der Waals surface area contributed by atoms with Gasteiger partial charge in [-0.1, -0.05) is 18.2 Å². The summed E-state index contributed by atoms with van der Waals surface area (Å²) in [7, 11) is 1.78. The summed E-state index contributed by atoms with van der Waals surface area (Å²) in [5.74, 6) is -0.335. The van der Waals surface area contributed by atoms with Crippen LogP contribution in [0.1, 0.15) is 17.4 Å². The van der Waals surface area contributed by atoms with Gasteiger partial charge in [-0.05, 0) is 37.4 Å². The number of nitrogens with one attached hydrogen (secondary N) is 1. The Morgan fingerprint density at radius 2 is 1.86 bits per heavy atom. The number of rotatable bonds is 4. The topological polar surface area (TPSA) is 42.7 Å². The minimum absolute atomic E-state index is 0.335. The highest BCUT2D eigenvalue weighted by molar-refractivity contribution is 5.35. The maximum Gasteiger partial charge on any atom is 0.146 e. The molecule has 1 atom stereocenters. The Bertz CT molecular complexity index is 724. The summed E-state index contributed by atoms with van der Waals surface area (Å²) >= 11 is 0. The third kappa shape index (κ3) is 2.55. The third-order valence-electron chi connectivity index (χ3n) is 3.32. The molecule has 2 heterocycles. The molecule has 0 bridgehead atoms. The average Bonchev–Trinajstić information content (AvgIpc) is 3.00. The number of benzene rings is 1. The number of hydrogen-bond acceptors (Lipinski definition) is 3. The van der Waals surface area contributed by atoms with E-state index in [1.54, 1.807) is 30.2 Å². The molecule has 0 fully saturated rings. The van der Waals surface area contributed by atoms with E-state index in [2.05, 4.69) is 15.4 Å². The van der Waals surface area contributed by atoms with Crippen LogP contribution in [0.2, 0.25) is 0 Å². The van der Waals surface area contributed by atoms with Gasteiger partial charge in [-0.2, -0.15) is 5.10 Å². The number of pyridine rings is 1. The molecule has 3 aromatic rings. The quantitative estimate of drug-likeness (QED) is 0.800. The first-order valence-corrected chi connectivity index (χ1v) is 6.68. The first-order valence-electron chi connectivity index (χ1n) is 6.68. The fourth-order valence-corrected chi connectivity index (χ4v) is 2.35. The van der Waals surface area contributed by atoms with E-state index < -0.39 is 0 Å². The number of hydrogen-bond donors (Lipinski definition) is 1. The van der Waals surface area contributed by atoms with Gasteiger partial charge in [-0.25, -0.2) is 9.07 Å². The van der Waals surface area contributed by atoms with E-state index in [9.17, 15) is 4.39 Å². The monoisotopic (exact) mass is 282 g/mol. The number of para-hydroxylation sites is 1. The summed E-state index contributed by atoms with van der Waals surface area (Å²) < 4.78 is 15.8. The minimum atomic E-state index is -0.367. The van der Waals surface area contributed by atoms with Crippen LogP contribution in [-0.2, 0) is 0 Å². The molecule has 0 aliphatic carbocycles. The fourth-order valence-electron chi connectivity index (χ4n) is 2.35. The molecule has 106 valence electrons. The van der Waals surface area contributed by atoms with Crippen LogP contribution in [0.4, 0.5) is 4.39 Å². The lowest BCUT2D eigenvalue weighted by Crippen LogP contribution is -2.23. The van der Waals surface area contributed by atoms with Crippen LogP contribution in [0.3, 0.4) is 0 Å². The highest BCUT2D eigenvalue weighted by Crippen LogP contribution is 2.24. The molecule has 1 unspecified atom stereocenters. The van der Waals surface area contributed by atoms with Gasteiger partial charge >= 0.3 is 0 Å². The van der Waals surface area contributed by atoms with Gasteiger partial charge in [0.25, 0.3) is 0 Å². The molecule has 0 aliphatic rings. The number of nitrogens with zero attached hydrogens (tertiary/aromatic N) is 3. The van der Waals surface area contributed by atoms with Gasteiger partial charge in [-0.3, -0.25) is 4.98 Å². The van der Waals surface area contributed by atoms with Gasteiger partial charge in [0.15, 0.2) is 0 Å². The van der Waals surface area contributed by atoms with Crippen LogP contribution < -0.4 is 5.32 Å². The van der Waals surface area contributed by atoms with Crippen molar-refractivity contribution in [1.82, 2.24) is 20.1 Å². The van der Waals surface area contributed by atoms with Gasteiger partial charge in [0.1, 0.15) is 5.82 Å². The summed E-state index contributed by atoms with van der Waals surface area (Å²) in [5.41, 5.74) is 2.12. The normalized spacial score (nSPS) is 12.3. The first-order chi connectivity index (χ1) is 10.3. The molecule has 0 spiro atoms. The Hall–Kier alpha value is -2.53. The van der Waals surface area contributed by atoms with E-state index in [4.69, 9.17) is 0 Å². The van der Waals surface area contributed by atoms with Gasteiger partial charge in [0, 0.05) is 12.4 Å². The molecule has 0 amide bonds. The lowest BCUT2D eigenvalue weighted by molar-refractivity contribution is 0.545. The van der Waals surface area contributed by atoms with Crippen molar-refractivity contribution in [1.29, 1.82) is 0 Å². The van der Waals surface area contributed by atoms with E-state index in [1.165, 1.54) is 6.07 Å². The lowest BCUT2D eigenvalue weighted by Gasteiger charge is -2.18. The van der Waals surface area contributed by atoms with Gasteiger partial charge in [0.05, 0.1) is 23.1 Å². The molecule has 0 saturated heterocycles. The molecular weight excluding hydrogens is 267 g/mol. The Morgan fingerprint density at radius 3 is 2.57 bits per heavy atom. The van der Waals surface area contributed by atoms with Crippen molar-refractivity contribution in [3.05, 3.63) is 78.1 Å². The second-order valence-electron chi connectivity index (χ2n) is 4.60. The summed E-state index contributed by atoms with van der Waals surface area (Å²) in [4.78, 5) is 4.16. The van der Waals surface area contributed by atoms with Crippen LogP contribution in [0.5, 0.6) is 0 Å². The van der Waals surface area contributed by atoms with Crippen molar-refractivity contribution in [3.63, 3.8) is 0 Å². The molecule has 2 aromatic heterocycles. The second kappa shape index (κ2) is 5.85. The largest absolute Gasteiger partial charge is 0.307 e. The zero-order valence-electron chi connectivity index (χ0n) is 11.6. The Morgan fingerprint density at radius 1 is 1.05 bits per heavy atom. The van der Waals surface area contributed by atoms with Crippen LogP contribution in [0, 0.1) is 5.82 Å². The van der Waals surface area contributed by atoms with Crippen LogP contribution >= 0.6 is 0 Å². The molecule has 4 nitrogen and oxygen atoms in total. The van der Waals surface area contributed by atoms with Gasteiger partial charge < -0.3 is 5.32 Å². The Labute approximate surface area is 122 Å². The summed E-state index contributed by atoms with van der Waals surface area (Å²) in [5, 5.41) is 7.45. The fraction of sp³-hybridized carbons (Fsp3) is 0.125. The van der Waals surface area contributed by atoms with Gasteiger partial charge in [-0.15, -0.1) is 0 Å². The molecule has 0 radical (unpaired) electrons. The van der Waals surface area contributed by atoms with Crippen molar-refractivity contribution in [2.75, 3.05) is 7.05 Å². The molecule has 0 saturated carbocycles. The van der Waals surface area contributed by atoms with E-state index in [0.29, 0.717) is 5.69 Å². The first kappa shape index (κ1) is 13.5. The van der Waals surface area contributed by atoms with Crippen molar-refractivity contribution in [2.45, 2.75) is 6.04 Å². The Kier molecular flexibility index (Phi) is 3.75. The molecule has 3 rings (SSSR count). The van der Waals surface area contributed by atoms with Crippen LogP contribution in [-0.4, -0.2) is 21.8 Å². The van der Waals surface area contributed by atoms with E-state index in [1.807, 2.05) is 36.4 Å². The zero-order chi connectivity index (χ0) is 14.7. The second-order valence-corrected chi connectivity index (χ2v) is 4.60. The molecule has 1 N–H and O–H groups in total. The highest BCUT2D eigenvalue weighted by Gasteiger charge is 2.21. The maximum absolute atomic E-state index is 14.0. The summed E-state index contributed by atoms with van der Waals surface area (Å²) in [6.07, 6.45) is 3.29. The molecule has 1 aromatic carbocycles.